The lowest BCUT2D eigenvalue weighted by Gasteiger charge is -2.38. The normalized spacial score (nSPS) is 26.7. The van der Waals surface area contributed by atoms with Gasteiger partial charge in [-0.15, -0.1) is 12.4 Å². The van der Waals surface area contributed by atoms with Crippen LogP contribution < -0.4 is 10.6 Å². The minimum atomic E-state index is 0. The summed E-state index contributed by atoms with van der Waals surface area (Å²) < 4.78 is 0. The summed E-state index contributed by atoms with van der Waals surface area (Å²) >= 11 is 0. The van der Waals surface area contributed by atoms with Crippen molar-refractivity contribution < 1.29 is 4.79 Å². The number of amides is 2. The van der Waals surface area contributed by atoms with Gasteiger partial charge < -0.3 is 15.5 Å². The molecule has 3 fully saturated rings. The number of hydrogen-bond donors (Lipinski definition) is 2. The van der Waals surface area contributed by atoms with E-state index in [4.69, 9.17) is 0 Å². The Labute approximate surface area is 109 Å². The van der Waals surface area contributed by atoms with Gasteiger partial charge in [-0.2, -0.15) is 0 Å². The van der Waals surface area contributed by atoms with Crippen LogP contribution >= 0.6 is 12.4 Å². The highest BCUT2D eigenvalue weighted by Crippen LogP contribution is 2.36. The second-order valence-corrected chi connectivity index (χ2v) is 5.64. The molecular formula is C12H22ClN3O. The Morgan fingerprint density at radius 1 is 1.24 bits per heavy atom. The summed E-state index contributed by atoms with van der Waals surface area (Å²) in [6.07, 6.45) is 6.00. The van der Waals surface area contributed by atoms with Crippen LogP contribution in [0.3, 0.4) is 0 Å². The van der Waals surface area contributed by atoms with Gasteiger partial charge in [0.1, 0.15) is 0 Å². The molecule has 98 valence electrons. The Morgan fingerprint density at radius 3 is 2.47 bits per heavy atom. The van der Waals surface area contributed by atoms with Crippen LogP contribution in [0.1, 0.15) is 32.1 Å². The first kappa shape index (κ1) is 13.0. The van der Waals surface area contributed by atoms with Crippen molar-refractivity contribution in [2.45, 2.75) is 38.1 Å². The van der Waals surface area contributed by atoms with Crippen LogP contribution in [0.2, 0.25) is 0 Å². The maximum Gasteiger partial charge on any atom is 0.317 e. The molecule has 2 amide bonds. The summed E-state index contributed by atoms with van der Waals surface area (Å²) in [5.74, 6) is 0. The van der Waals surface area contributed by atoms with Gasteiger partial charge in [0.2, 0.25) is 0 Å². The highest BCUT2D eigenvalue weighted by Gasteiger charge is 2.38. The molecule has 1 saturated carbocycles. The van der Waals surface area contributed by atoms with E-state index in [9.17, 15) is 4.79 Å². The van der Waals surface area contributed by atoms with Crippen molar-refractivity contribution in [2.24, 2.45) is 5.41 Å². The third kappa shape index (κ3) is 2.86. The molecule has 0 radical (unpaired) electrons. The number of rotatable bonds is 1. The number of urea groups is 1. The molecule has 3 aliphatic rings. The van der Waals surface area contributed by atoms with Gasteiger partial charge >= 0.3 is 6.03 Å². The predicted molar refractivity (Wildman–Crippen MR) is 69.5 cm³/mol. The van der Waals surface area contributed by atoms with Gasteiger partial charge in [-0.05, 0) is 44.1 Å². The molecule has 4 nitrogen and oxygen atoms in total. The lowest BCUT2D eigenvalue weighted by Crippen LogP contribution is -2.48. The van der Waals surface area contributed by atoms with Crippen LogP contribution in [0, 0.1) is 5.41 Å². The lowest BCUT2D eigenvalue weighted by molar-refractivity contribution is 0.129. The minimum absolute atomic E-state index is 0. The fourth-order valence-corrected chi connectivity index (χ4v) is 2.90. The topological polar surface area (TPSA) is 44.4 Å². The highest BCUT2D eigenvalue weighted by molar-refractivity contribution is 5.85. The fourth-order valence-electron chi connectivity index (χ4n) is 2.90. The zero-order chi connectivity index (χ0) is 11.0. The first-order chi connectivity index (χ1) is 7.77. The summed E-state index contributed by atoms with van der Waals surface area (Å²) in [5, 5.41) is 6.52. The van der Waals surface area contributed by atoms with Crippen LogP contribution in [0.25, 0.3) is 0 Å². The number of likely N-dealkylation sites (tertiary alicyclic amines) is 1. The Bertz CT molecular complexity index is 277. The number of halogens is 1. The maximum atomic E-state index is 11.9. The second kappa shape index (κ2) is 5.02. The van der Waals surface area contributed by atoms with Crippen LogP contribution in [0.5, 0.6) is 0 Å². The van der Waals surface area contributed by atoms with Crippen molar-refractivity contribution >= 4 is 18.4 Å². The van der Waals surface area contributed by atoms with E-state index in [2.05, 4.69) is 10.6 Å². The molecule has 2 N–H and O–H groups in total. The monoisotopic (exact) mass is 259 g/mol. The standard InChI is InChI=1S/C12H21N3O.ClH/c16-11(14-10-1-2-10)15-7-4-12(5-8-15)3-6-13-9-12;/h10,13H,1-9H2,(H,14,16);1H. The summed E-state index contributed by atoms with van der Waals surface area (Å²) in [6, 6.07) is 0.653. The van der Waals surface area contributed by atoms with E-state index >= 15 is 0 Å². The maximum absolute atomic E-state index is 11.9. The molecule has 2 saturated heterocycles. The van der Waals surface area contributed by atoms with Crippen molar-refractivity contribution in [3.05, 3.63) is 0 Å². The Kier molecular flexibility index (Phi) is 3.83. The van der Waals surface area contributed by atoms with E-state index in [1.807, 2.05) is 4.90 Å². The van der Waals surface area contributed by atoms with Crippen LogP contribution in [0.4, 0.5) is 4.79 Å². The number of nitrogens with one attached hydrogen (secondary N) is 2. The van der Waals surface area contributed by atoms with Gasteiger partial charge in [0.25, 0.3) is 0 Å². The molecule has 0 bridgehead atoms. The number of hydrogen-bond acceptors (Lipinski definition) is 2. The van der Waals surface area contributed by atoms with E-state index in [1.165, 1.54) is 32.1 Å². The third-order valence-corrected chi connectivity index (χ3v) is 4.35. The second-order valence-electron chi connectivity index (χ2n) is 5.64. The highest BCUT2D eigenvalue weighted by atomic mass is 35.5. The third-order valence-electron chi connectivity index (χ3n) is 4.35. The van der Waals surface area contributed by atoms with Crippen molar-refractivity contribution in [3.8, 4) is 0 Å². The number of carbonyl (C=O) groups is 1. The molecule has 2 aliphatic heterocycles. The number of carbonyl (C=O) groups excluding carboxylic acids is 1. The minimum Gasteiger partial charge on any atom is -0.335 e. The summed E-state index contributed by atoms with van der Waals surface area (Å²) in [5.41, 5.74) is 0.510. The number of piperidine rings is 1. The van der Waals surface area contributed by atoms with Crippen molar-refractivity contribution in [3.63, 3.8) is 0 Å². The molecule has 5 heteroatoms. The Hall–Kier alpha value is -0.480. The molecule has 0 unspecified atom stereocenters. The van der Waals surface area contributed by atoms with Crippen LogP contribution in [-0.4, -0.2) is 43.2 Å². The largest absolute Gasteiger partial charge is 0.335 e. The summed E-state index contributed by atoms with van der Waals surface area (Å²) in [6.45, 7) is 4.21. The smallest absolute Gasteiger partial charge is 0.317 e. The van der Waals surface area contributed by atoms with E-state index < -0.39 is 0 Å². The first-order valence-corrected chi connectivity index (χ1v) is 6.54. The fraction of sp³-hybridized carbons (Fsp3) is 0.917. The van der Waals surface area contributed by atoms with Gasteiger partial charge in [-0.25, -0.2) is 4.79 Å². The summed E-state index contributed by atoms with van der Waals surface area (Å²) in [7, 11) is 0. The molecule has 1 spiro atoms. The molecule has 3 rings (SSSR count). The first-order valence-electron chi connectivity index (χ1n) is 6.54. The lowest BCUT2D eigenvalue weighted by atomic mass is 9.78. The SMILES string of the molecule is Cl.O=C(NC1CC1)N1CCC2(CCNC2)CC1. The molecule has 0 aromatic rings. The van der Waals surface area contributed by atoms with E-state index in [1.54, 1.807) is 0 Å². The van der Waals surface area contributed by atoms with E-state index in [0.717, 1.165) is 26.2 Å². The van der Waals surface area contributed by atoms with Gasteiger partial charge in [0.05, 0.1) is 0 Å². The molecule has 17 heavy (non-hydrogen) atoms. The average molecular weight is 260 g/mol. The Balaban J connectivity index is 0.00000108. The van der Waals surface area contributed by atoms with Crippen molar-refractivity contribution in [1.82, 2.24) is 15.5 Å². The molecule has 1 aliphatic carbocycles. The van der Waals surface area contributed by atoms with Gasteiger partial charge in [-0.1, -0.05) is 0 Å². The number of nitrogens with zero attached hydrogens (tertiary/aromatic N) is 1. The van der Waals surface area contributed by atoms with Gasteiger partial charge in [0.15, 0.2) is 0 Å². The molecule has 0 aromatic carbocycles. The summed E-state index contributed by atoms with van der Waals surface area (Å²) in [4.78, 5) is 13.9. The molecule has 0 atom stereocenters. The zero-order valence-corrected chi connectivity index (χ0v) is 11.0. The Morgan fingerprint density at radius 2 is 1.94 bits per heavy atom. The van der Waals surface area contributed by atoms with Crippen molar-refractivity contribution in [2.75, 3.05) is 26.2 Å². The predicted octanol–water partition coefficient (Wildman–Crippen LogP) is 1.36. The van der Waals surface area contributed by atoms with E-state index in [0.29, 0.717) is 11.5 Å². The zero-order valence-electron chi connectivity index (χ0n) is 10.2. The average Bonchev–Trinajstić information content (AvgIpc) is 3.00. The molecule has 2 heterocycles. The van der Waals surface area contributed by atoms with Gasteiger partial charge in [-0.3, -0.25) is 0 Å². The van der Waals surface area contributed by atoms with E-state index in [-0.39, 0.29) is 18.4 Å². The van der Waals surface area contributed by atoms with Crippen molar-refractivity contribution in [1.29, 1.82) is 0 Å². The van der Waals surface area contributed by atoms with Crippen LogP contribution in [-0.2, 0) is 0 Å². The quantitative estimate of drug-likeness (QED) is 0.747. The van der Waals surface area contributed by atoms with Crippen LogP contribution in [0.15, 0.2) is 0 Å². The molecule has 0 aromatic heterocycles. The molecular weight excluding hydrogens is 238 g/mol. The van der Waals surface area contributed by atoms with Gasteiger partial charge in [0, 0.05) is 25.7 Å².